The van der Waals surface area contributed by atoms with Crippen LogP contribution in [0.4, 0.5) is 22.0 Å². The Morgan fingerprint density at radius 2 is 1.60 bits per heavy atom. The maximum atomic E-state index is 15.3. The normalized spacial score (nSPS) is 31.2. The summed E-state index contributed by atoms with van der Waals surface area (Å²) < 4.78 is 72.1. The highest BCUT2D eigenvalue weighted by Gasteiger charge is 2.79. The highest BCUT2D eigenvalue weighted by molar-refractivity contribution is 5.94. The van der Waals surface area contributed by atoms with Crippen molar-refractivity contribution in [2.75, 3.05) is 26.2 Å². The Kier molecular flexibility index (Phi) is 8.22. The third-order valence-electron chi connectivity index (χ3n) is 12.2. The molecule has 256 valence electrons. The first-order valence-corrected chi connectivity index (χ1v) is 17.0. The Morgan fingerprint density at radius 3 is 2.27 bits per heavy atom. The van der Waals surface area contributed by atoms with E-state index in [0.29, 0.717) is 49.9 Å². The van der Waals surface area contributed by atoms with Gasteiger partial charge in [-0.15, -0.1) is 0 Å². The van der Waals surface area contributed by atoms with Crippen LogP contribution in [0.25, 0.3) is 0 Å². The second-order valence-corrected chi connectivity index (χ2v) is 14.6. The lowest BCUT2D eigenvalue weighted by atomic mass is 9.50. The van der Waals surface area contributed by atoms with Crippen molar-refractivity contribution < 1.29 is 36.6 Å². The molecule has 2 saturated carbocycles. The van der Waals surface area contributed by atoms with Crippen LogP contribution in [0.15, 0.2) is 77.4 Å². The molecule has 3 fully saturated rings. The third kappa shape index (κ3) is 5.25. The van der Waals surface area contributed by atoms with Gasteiger partial charge in [-0.25, -0.2) is 0 Å². The maximum Gasteiger partial charge on any atom is 0.456 e. The summed E-state index contributed by atoms with van der Waals surface area (Å²) in [6.07, 6.45) is -2.99. The first-order chi connectivity index (χ1) is 22.7. The van der Waals surface area contributed by atoms with E-state index >= 15 is 8.78 Å². The fourth-order valence-electron chi connectivity index (χ4n) is 9.71. The van der Waals surface area contributed by atoms with Gasteiger partial charge in [0, 0.05) is 56.0 Å². The van der Waals surface area contributed by atoms with E-state index in [1.165, 1.54) is 12.5 Å². The van der Waals surface area contributed by atoms with Crippen molar-refractivity contribution in [1.29, 1.82) is 0 Å². The molecule has 2 aromatic rings. The molecule has 48 heavy (non-hydrogen) atoms. The van der Waals surface area contributed by atoms with Gasteiger partial charge >= 0.3 is 12.1 Å². The Morgan fingerprint density at radius 1 is 0.917 bits per heavy atom. The van der Waals surface area contributed by atoms with E-state index in [4.69, 9.17) is 0 Å². The van der Waals surface area contributed by atoms with Crippen molar-refractivity contribution in [3.63, 3.8) is 0 Å². The van der Waals surface area contributed by atoms with Crippen LogP contribution in [0.1, 0.15) is 79.3 Å². The van der Waals surface area contributed by atoms with Crippen LogP contribution in [0.2, 0.25) is 0 Å². The van der Waals surface area contributed by atoms with Crippen LogP contribution in [0.5, 0.6) is 0 Å². The number of nitrogens with zero attached hydrogens (tertiary/aromatic N) is 2. The number of hydrogen-bond acceptors (Lipinski definition) is 4. The zero-order valence-corrected chi connectivity index (χ0v) is 27.0. The smallest absolute Gasteiger partial charge is 0.383 e. The molecule has 0 bridgehead atoms. The molecule has 0 radical (unpaired) electrons. The summed E-state index contributed by atoms with van der Waals surface area (Å²) in [5.41, 5.74) is 0.400. The van der Waals surface area contributed by atoms with Crippen molar-refractivity contribution in [3.05, 3.63) is 94.1 Å². The van der Waals surface area contributed by atoms with E-state index in [1.54, 1.807) is 30.3 Å². The van der Waals surface area contributed by atoms with Crippen molar-refractivity contribution in [2.45, 2.75) is 82.0 Å². The van der Waals surface area contributed by atoms with Gasteiger partial charge in [0.1, 0.15) is 5.60 Å². The monoisotopic (exact) mass is 668 g/mol. The Balaban J connectivity index is 1.18. The number of amides is 1. The number of alkyl halides is 5. The lowest BCUT2D eigenvalue weighted by Crippen LogP contribution is -2.65. The van der Waals surface area contributed by atoms with E-state index < -0.39 is 41.4 Å². The fraction of sp³-hybridized carbons (Fsp3) is 0.526. The first-order valence-electron chi connectivity index (χ1n) is 17.0. The van der Waals surface area contributed by atoms with E-state index in [9.17, 15) is 27.9 Å². The zero-order chi connectivity index (χ0) is 34.1. The minimum absolute atomic E-state index is 0.0359. The molecule has 7 rings (SSSR count). The SMILES string of the molecule is C[C@]12C[C@H](c3ccc(C(=O)N4CCN(Cc5ccccc5)CC4)cc3)C3=C4CCC(=O)C=C4CC[C@H]3[C@@H]1CC[C@@]2(O)C(F)(F)C(F)(F)F. The quantitative estimate of drug-likeness (QED) is 0.336. The van der Waals surface area contributed by atoms with Crippen LogP contribution in [-0.4, -0.2) is 70.5 Å². The second kappa shape index (κ2) is 11.9. The molecule has 0 spiro atoms. The largest absolute Gasteiger partial charge is 0.456 e. The van der Waals surface area contributed by atoms with E-state index in [0.717, 1.165) is 36.4 Å². The standard InChI is InChI=1S/C38H41F5N2O3/c1-35-22-31(25-7-9-26(10-8-25)34(47)45-19-17-44(18-20-45)23-24-5-3-2-4-6-24)33-29-14-12-28(46)21-27(29)11-13-30(33)32(35)15-16-36(35,48)37(39,40)38(41,42)43/h2-10,21,30-32,48H,11-20,22-23H2,1H3/t30-,31+,32-,35-,36-/m0/s1. The number of carbonyl (C=O) groups is 2. The van der Waals surface area contributed by atoms with Gasteiger partial charge in [-0.05, 0) is 90.8 Å². The highest BCUT2D eigenvalue weighted by Crippen LogP contribution is 2.70. The number of allylic oxidation sites excluding steroid dienone is 4. The van der Waals surface area contributed by atoms with Gasteiger partial charge in [-0.3, -0.25) is 14.5 Å². The van der Waals surface area contributed by atoms with Crippen LogP contribution < -0.4 is 0 Å². The van der Waals surface area contributed by atoms with Gasteiger partial charge in [0.25, 0.3) is 5.91 Å². The van der Waals surface area contributed by atoms with Gasteiger partial charge < -0.3 is 10.0 Å². The molecular formula is C38H41F5N2O3. The predicted molar refractivity (Wildman–Crippen MR) is 170 cm³/mol. The third-order valence-corrected chi connectivity index (χ3v) is 12.2. The number of halogens is 5. The lowest BCUT2D eigenvalue weighted by molar-refractivity contribution is -0.362. The summed E-state index contributed by atoms with van der Waals surface area (Å²) in [6, 6.07) is 17.2. The maximum absolute atomic E-state index is 15.3. The van der Waals surface area contributed by atoms with Gasteiger partial charge in [-0.1, -0.05) is 55.0 Å². The lowest BCUT2D eigenvalue weighted by Gasteiger charge is -2.56. The summed E-state index contributed by atoms with van der Waals surface area (Å²) in [4.78, 5) is 30.0. The van der Waals surface area contributed by atoms with E-state index in [2.05, 4.69) is 17.0 Å². The molecule has 0 aromatic heterocycles. The molecule has 0 unspecified atom stereocenters. The molecule has 2 aromatic carbocycles. The number of hydrogen-bond donors (Lipinski definition) is 1. The minimum Gasteiger partial charge on any atom is -0.383 e. The summed E-state index contributed by atoms with van der Waals surface area (Å²) in [5, 5.41) is 11.5. The zero-order valence-electron chi connectivity index (χ0n) is 27.0. The molecule has 5 atom stereocenters. The Labute approximate surface area is 277 Å². The molecule has 1 saturated heterocycles. The average molecular weight is 669 g/mol. The summed E-state index contributed by atoms with van der Waals surface area (Å²) in [5.74, 6) is -6.75. The molecule has 1 N–H and O–H groups in total. The molecule has 1 heterocycles. The van der Waals surface area contributed by atoms with Crippen molar-refractivity contribution in [2.24, 2.45) is 17.3 Å². The second-order valence-electron chi connectivity index (χ2n) is 14.6. The van der Waals surface area contributed by atoms with E-state index in [1.807, 2.05) is 23.1 Å². The van der Waals surface area contributed by atoms with Crippen LogP contribution in [0.3, 0.4) is 0 Å². The molecule has 1 aliphatic heterocycles. The molecule has 5 aliphatic rings. The molecule has 10 heteroatoms. The fourth-order valence-corrected chi connectivity index (χ4v) is 9.71. The van der Waals surface area contributed by atoms with Crippen LogP contribution in [0, 0.1) is 17.3 Å². The summed E-state index contributed by atoms with van der Waals surface area (Å²) in [6.45, 7) is 4.86. The predicted octanol–water partition coefficient (Wildman–Crippen LogP) is 7.47. The van der Waals surface area contributed by atoms with Crippen LogP contribution in [-0.2, 0) is 11.3 Å². The number of fused-ring (bicyclic) bond motifs is 4. The van der Waals surface area contributed by atoms with E-state index in [-0.39, 0.29) is 30.4 Å². The van der Waals surface area contributed by atoms with Gasteiger partial charge in [0.2, 0.25) is 0 Å². The molecule has 4 aliphatic carbocycles. The molecular weight excluding hydrogens is 627 g/mol. The molecule has 1 amide bonds. The minimum atomic E-state index is -5.89. The number of carbonyl (C=O) groups excluding carboxylic acids is 2. The van der Waals surface area contributed by atoms with Crippen molar-refractivity contribution >= 4 is 11.7 Å². The van der Waals surface area contributed by atoms with Crippen molar-refractivity contribution in [1.82, 2.24) is 9.80 Å². The number of piperazine rings is 1. The number of aliphatic hydroxyl groups is 1. The van der Waals surface area contributed by atoms with Crippen LogP contribution >= 0.6 is 0 Å². The highest BCUT2D eigenvalue weighted by atomic mass is 19.4. The number of benzene rings is 2. The van der Waals surface area contributed by atoms with Gasteiger partial charge in [0.05, 0.1) is 0 Å². The van der Waals surface area contributed by atoms with Crippen molar-refractivity contribution in [3.8, 4) is 0 Å². The first kappa shape index (κ1) is 33.1. The topological polar surface area (TPSA) is 60.9 Å². The summed E-state index contributed by atoms with van der Waals surface area (Å²) >= 11 is 0. The van der Waals surface area contributed by atoms with Gasteiger partial charge in [0.15, 0.2) is 5.78 Å². The Hall–Kier alpha value is -3.37. The summed E-state index contributed by atoms with van der Waals surface area (Å²) in [7, 11) is 0. The molecule has 5 nitrogen and oxygen atoms in total. The Bertz CT molecular complexity index is 1640. The van der Waals surface area contributed by atoms with Gasteiger partial charge in [-0.2, -0.15) is 22.0 Å². The average Bonchev–Trinajstić information content (AvgIpc) is 3.35. The number of ketones is 1. The number of rotatable bonds is 5.